The Balaban J connectivity index is 1.61. The summed E-state index contributed by atoms with van der Waals surface area (Å²) in [4.78, 5) is 27.1. The molecule has 0 saturated carbocycles. The second-order valence-corrected chi connectivity index (χ2v) is 6.02. The predicted octanol–water partition coefficient (Wildman–Crippen LogP) is 2.04. The summed E-state index contributed by atoms with van der Waals surface area (Å²) in [5, 5.41) is 11.7. The number of para-hydroxylation sites is 1. The summed E-state index contributed by atoms with van der Waals surface area (Å²) in [5.74, 6) is 0.146. The second-order valence-electron chi connectivity index (χ2n) is 6.02. The predicted molar refractivity (Wildman–Crippen MR) is 96.6 cm³/mol. The molecule has 27 heavy (non-hydrogen) atoms. The molecule has 138 valence electrons. The number of rotatable bonds is 4. The molecule has 4 rings (SSSR count). The molecule has 1 aromatic carbocycles. The van der Waals surface area contributed by atoms with E-state index in [1.54, 1.807) is 24.4 Å². The SMILES string of the molecule is O=[N+]([O-])c1c(N2CCN(c3ccccc3F)CC2)ncnc1-n1ccnc1. The van der Waals surface area contributed by atoms with Crippen LogP contribution in [0.4, 0.5) is 21.6 Å². The van der Waals surface area contributed by atoms with Crippen LogP contribution in [-0.4, -0.2) is 50.6 Å². The molecule has 0 atom stereocenters. The molecule has 3 aromatic rings. The first-order valence-electron chi connectivity index (χ1n) is 8.37. The van der Waals surface area contributed by atoms with E-state index in [4.69, 9.17) is 0 Å². The van der Waals surface area contributed by atoms with Crippen molar-refractivity contribution in [3.63, 3.8) is 0 Å². The average Bonchev–Trinajstić information content (AvgIpc) is 3.22. The molecule has 9 nitrogen and oxygen atoms in total. The van der Waals surface area contributed by atoms with Crippen molar-refractivity contribution in [3.05, 3.63) is 65.2 Å². The molecule has 0 N–H and O–H groups in total. The van der Waals surface area contributed by atoms with Gasteiger partial charge < -0.3 is 9.80 Å². The number of halogens is 1. The number of anilines is 2. The van der Waals surface area contributed by atoms with Gasteiger partial charge in [0.05, 0.1) is 10.6 Å². The van der Waals surface area contributed by atoms with Gasteiger partial charge in [-0.2, -0.15) is 0 Å². The largest absolute Gasteiger partial charge is 0.366 e. The summed E-state index contributed by atoms with van der Waals surface area (Å²) < 4.78 is 15.5. The number of nitrogens with zero attached hydrogens (tertiary/aromatic N) is 7. The highest BCUT2D eigenvalue weighted by atomic mass is 19.1. The fraction of sp³-hybridized carbons (Fsp3) is 0.235. The minimum Gasteiger partial charge on any atom is -0.366 e. The molecule has 0 aliphatic carbocycles. The Morgan fingerprint density at radius 1 is 1.04 bits per heavy atom. The summed E-state index contributed by atoms with van der Waals surface area (Å²) in [6.07, 6.45) is 5.88. The van der Waals surface area contributed by atoms with Crippen molar-refractivity contribution in [2.24, 2.45) is 0 Å². The molecule has 1 fully saturated rings. The fourth-order valence-corrected chi connectivity index (χ4v) is 3.20. The molecule has 0 radical (unpaired) electrons. The minimum atomic E-state index is -0.478. The number of imidazole rings is 1. The maximum absolute atomic E-state index is 14.0. The fourth-order valence-electron chi connectivity index (χ4n) is 3.20. The highest BCUT2D eigenvalue weighted by Gasteiger charge is 2.30. The lowest BCUT2D eigenvalue weighted by atomic mass is 10.2. The summed E-state index contributed by atoms with van der Waals surface area (Å²) in [7, 11) is 0. The van der Waals surface area contributed by atoms with Crippen LogP contribution in [0.15, 0.2) is 49.3 Å². The quantitative estimate of drug-likeness (QED) is 0.513. The lowest BCUT2D eigenvalue weighted by molar-refractivity contribution is -0.384. The summed E-state index contributed by atoms with van der Waals surface area (Å²) in [6, 6.07) is 6.60. The van der Waals surface area contributed by atoms with Crippen molar-refractivity contribution in [1.29, 1.82) is 0 Å². The van der Waals surface area contributed by atoms with E-state index in [9.17, 15) is 14.5 Å². The van der Waals surface area contributed by atoms with E-state index in [2.05, 4.69) is 15.0 Å². The number of hydrogen-bond acceptors (Lipinski definition) is 7. The first kappa shape index (κ1) is 16.9. The molecule has 10 heteroatoms. The van der Waals surface area contributed by atoms with Gasteiger partial charge in [0.1, 0.15) is 18.5 Å². The van der Waals surface area contributed by atoms with Gasteiger partial charge in [-0.3, -0.25) is 14.7 Å². The first-order chi connectivity index (χ1) is 13.1. The summed E-state index contributed by atoms with van der Waals surface area (Å²) in [5.41, 5.74) is 0.364. The smallest absolute Gasteiger partial charge is 0.354 e. The zero-order chi connectivity index (χ0) is 18.8. The number of piperazine rings is 1. The maximum Gasteiger partial charge on any atom is 0.354 e. The normalized spacial score (nSPS) is 14.4. The van der Waals surface area contributed by atoms with Gasteiger partial charge in [-0.05, 0) is 12.1 Å². The highest BCUT2D eigenvalue weighted by molar-refractivity contribution is 5.66. The Hall–Kier alpha value is -3.56. The van der Waals surface area contributed by atoms with Gasteiger partial charge in [-0.1, -0.05) is 12.1 Å². The number of hydrogen-bond donors (Lipinski definition) is 0. The van der Waals surface area contributed by atoms with Gasteiger partial charge in [-0.15, -0.1) is 0 Å². The average molecular weight is 369 g/mol. The third-order valence-corrected chi connectivity index (χ3v) is 4.49. The van der Waals surface area contributed by atoms with E-state index < -0.39 is 4.92 Å². The van der Waals surface area contributed by atoms with Gasteiger partial charge in [-0.25, -0.2) is 19.3 Å². The molecular weight excluding hydrogens is 353 g/mol. The van der Waals surface area contributed by atoms with E-state index in [1.165, 1.54) is 29.5 Å². The molecule has 3 heterocycles. The van der Waals surface area contributed by atoms with E-state index in [0.717, 1.165) is 0 Å². The van der Waals surface area contributed by atoms with Crippen LogP contribution in [0.3, 0.4) is 0 Å². The molecule has 1 aliphatic rings. The second kappa shape index (κ2) is 6.98. The van der Waals surface area contributed by atoms with E-state index >= 15 is 0 Å². The molecule has 0 amide bonds. The Morgan fingerprint density at radius 3 is 2.41 bits per heavy atom. The van der Waals surface area contributed by atoms with Crippen molar-refractivity contribution in [2.45, 2.75) is 0 Å². The van der Waals surface area contributed by atoms with Crippen molar-refractivity contribution < 1.29 is 9.31 Å². The van der Waals surface area contributed by atoms with Crippen LogP contribution in [0.2, 0.25) is 0 Å². The summed E-state index contributed by atoms with van der Waals surface area (Å²) >= 11 is 0. The van der Waals surface area contributed by atoms with Crippen LogP contribution in [-0.2, 0) is 0 Å². The Kier molecular flexibility index (Phi) is 4.37. The van der Waals surface area contributed by atoms with Crippen molar-refractivity contribution in [3.8, 4) is 5.82 Å². The van der Waals surface area contributed by atoms with Gasteiger partial charge in [0.25, 0.3) is 0 Å². The van der Waals surface area contributed by atoms with Crippen LogP contribution in [0.1, 0.15) is 0 Å². The lowest BCUT2D eigenvalue weighted by Crippen LogP contribution is -2.47. The van der Waals surface area contributed by atoms with Crippen LogP contribution in [0, 0.1) is 15.9 Å². The maximum atomic E-state index is 14.0. The molecule has 0 unspecified atom stereocenters. The van der Waals surface area contributed by atoms with Gasteiger partial charge >= 0.3 is 5.69 Å². The standard InChI is InChI=1S/C17H16FN7O2/c18-13-3-1-2-4-14(13)22-7-9-23(10-8-22)16-15(25(26)27)17(21-11-20-16)24-6-5-19-12-24/h1-6,11-12H,7-10H2. The van der Waals surface area contributed by atoms with Gasteiger partial charge in [0.15, 0.2) is 0 Å². The van der Waals surface area contributed by atoms with Crippen molar-refractivity contribution in [2.75, 3.05) is 36.0 Å². The molecule has 1 aliphatic heterocycles. The molecule has 0 spiro atoms. The molecular formula is C17H16FN7O2. The van der Waals surface area contributed by atoms with E-state index in [1.807, 2.05) is 9.80 Å². The van der Waals surface area contributed by atoms with Crippen LogP contribution < -0.4 is 9.80 Å². The third kappa shape index (κ3) is 3.16. The van der Waals surface area contributed by atoms with Crippen LogP contribution in [0.25, 0.3) is 5.82 Å². The monoisotopic (exact) mass is 369 g/mol. The van der Waals surface area contributed by atoms with Crippen LogP contribution in [0.5, 0.6) is 0 Å². The topological polar surface area (TPSA) is 93.2 Å². The Morgan fingerprint density at radius 2 is 1.74 bits per heavy atom. The molecule has 2 aromatic heterocycles. The zero-order valence-electron chi connectivity index (χ0n) is 14.3. The number of benzene rings is 1. The Bertz CT molecular complexity index is 956. The lowest BCUT2D eigenvalue weighted by Gasteiger charge is -2.36. The first-order valence-corrected chi connectivity index (χ1v) is 8.37. The molecule has 0 bridgehead atoms. The van der Waals surface area contributed by atoms with Gasteiger partial charge in [0, 0.05) is 38.6 Å². The number of nitro groups is 1. The van der Waals surface area contributed by atoms with Crippen molar-refractivity contribution in [1.82, 2.24) is 19.5 Å². The Labute approximate surface area is 153 Å². The summed E-state index contributed by atoms with van der Waals surface area (Å²) in [6.45, 7) is 2.02. The number of aromatic nitrogens is 4. The van der Waals surface area contributed by atoms with Gasteiger partial charge in [0.2, 0.25) is 11.6 Å². The zero-order valence-corrected chi connectivity index (χ0v) is 14.3. The highest BCUT2D eigenvalue weighted by Crippen LogP contribution is 2.31. The third-order valence-electron chi connectivity index (χ3n) is 4.49. The molecule has 1 saturated heterocycles. The van der Waals surface area contributed by atoms with Crippen LogP contribution >= 0.6 is 0 Å². The minimum absolute atomic E-state index is 0.166. The van der Waals surface area contributed by atoms with Crippen molar-refractivity contribution >= 4 is 17.2 Å². The van der Waals surface area contributed by atoms with E-state index in [-0.39, 0.29) is 23.1 Å². The van der Waals surface area contributed by atoms with E-state index in [0.29, 0.717) is 31.9 Å².